The summed E-state index contributed by atoms with van der Waals surface area (Å²) in [6.45, 7) is 15.9. The zero-order valence-corrected chi connectivity index (χ0v) is 34.5. The molecule has 6 aliphatic rings. The van der Waals surface area contributed by atoms with Crippen LogP contribution in [-0.4, -0.2) is 3.21 Å². The Morgan fingerprint density at radius 2 is 1.24 bits per heavy atom. The molecule has 1 unspecified atom stereocenters. The zero-order chi connectivity index (χ0) is 35.9. The summed E-state index contributed by atoms with van der Waals surface area (Å²) in [5, 5.41) is 0. The molecule has 0 nitrogen and oxygen atoms in total. The second kappa shape index (κ2) is 14.9. The maximum atomic E-state index is 3.67. The van der Waals surface area contributed by atoms with Gasteiger partial charge < -0.3 is 0 Å². The number of fused-ring (bicyclic) bond motifs is 3. The Labute approximate surface area is 324 Å². The van der Waals surface area contributed by atoms with E-state index in [9.17, 15) is 0 Å². The van der Waals surface area contributed by atoms with Crippen LogP contribution in [-0.2, 0) is 41.5 Å². The Morgan fingerprint density at radius 3 is 1.75 bits per heavy atom. The normalized spacial score (nSPS) is 25.2. The van der Waals surface area contributed by atoms with Crippen molar-refractivity contribution in [3.8, 4) is 11.1 Å². The molecule has 0 aromatic heterocycles. The summed E-state index contributed by atoms with van der Waals surface area (Å²) in [7, 11) is 0. The molecule has 260 valence electrons. The molecule has 6 aliphatic carbocycles. The van der Waals surface area contributed by atoms with Gasteiger partial charge in [-0.1, -0.05) is 84.1 Å². The molecule has 51 heavy (non-hydrogen) atoms. The zero-order valence-electron chi connectivity index (χ0n) is 32.0. The van der Waals surface area contributed by atoms with Crippen LogP contribution in [0.3, 0.4) is 0 Å². The SMILES string of the molecule is CC(C)(C)c1[c-]c2c(cc1)-c1ccc(C(C)(C)C)cc1C2.CC1[C-]=CC(C2C3CC4CC(C3)CC2C4)=C1.[Zr+2]=[C](c1ccccc1)c1ccccc1. The third-order valence-electron chi connectivity index (χ3n) is 12.2. The fraction of sp³-hybridized carbons (Fsp3) is 0.420. The van der Waals surface area contributed by atoms with Gasteiger partial charge in [0.1, 0.15) is 0 Å². The van der Waals surface area contributed by atoms with Gasteiger partial charge in [0.25, 0.3) is 0 Å². The van der Waals surface area contributed by atoms with Crippen molar-refractivity contribution in [2.45, 2.75) is 97.8 Å². The first-order chi connectivity index (χ1) is 24.3. The Hall–Kier alpha value is -2.89. The van der Waals surface area contributed by atoms with E-state index in [-0.39, 0.29) is 10.8 Å². The topological polar surface area (TPSA) is 0 Å². The van der Waals surface area contributed by atoms with Gasteiger partial charge in [-0.15, -0.1) is 11.1 Å². The number of hydrogen-bond donors (Lipinski definition) is 0. The van der Waals surface area contributed by atoms with Gasteiger partial charge in [-0.05, 0) is 84.2 Å². The van der Waals surface area contributed by atoms with Crippen molar-refractivity contribution in [3.63, 3.8) is 0 Å². The monoisotopic (exact) mass is 746 g/mol. The summed E-state index contributed by atoms with van der Waals surface area (Å²) in [4.78, 5) is 0. The molecule has 4 bridgehead atoms. The van der Waals surface area contributed by atoms with Gasteiger partial charge in [-0.2, -0.15) is 35.4 Å². The summed E-state index contributed by atoms with van der Waals surface area (Å²) in [6.07, 6.45) is 17.0. The Morgan fingerprint density at radius 1 is 0.667 bits per heavy atom. The van der Waals surface area contributed by atoms with Gasteiger partial charge in [0.05, 0.1) is 0 Å². The van der Waals surface area contributed by atoms with Crippen molar-refractivity contribution in [1.82, 2.24) is 0 Å². The van der Waals surface area contributed by atoms with Crippen molar-refractivity contribution < 1.29 is 24.2 Å². The quantitative estimate of drug-likeness (QED) is 0.161. The molecule has 1 heteroatoms. The second-order valence-corrected chi connectivity index (χ2v) is 19.4. The predicted molar refractivity (Wildman–Crippen MR) is 213 cm³/mol. The third-order valence-corrected chi connectivity index (χ3v) is 13.6. The van der Waals surface area contributed by atoms with Crippen LogP contribution in [0.15, 0.2) is 109 Å². The van der Waals surface area contributed by atoms with Crippen LogP contribution in [0.5, 0.6) is 0 Å². The first-order valence-electron chi connectivity index (χ1n) is 19.5. The number of allylic oxidation sites excluding steroid dienone is 4. The minimum absolute atomic E-state index is 0.167. The molecule has 0 saturated heterocycles. The molecule has 4 aromatic rings. The molecule has 4 saturated carbocycles. The van der Waals surface area contributed by atoms with Gasteiger partial charge >= 0.3 is 99.2 Å². The number of rotatable bonds is 3. The van der Waals surface area contributed by atoms with E-state index in [0.29, 0.717) is 5.92 Å². The molecule has 10 rings (SSSR count). The summed E-state index contributed by atoms with van der Waals surface area (Å²) in [5.41, 5.74) is 13.0. The van der Waals surface area contributed by atoms with E-state index in [1.807, 2.05) is 0 Å². The first kappa shape index (κ1) is 36.5. The van der Waals surface area contributed by atoms with Gasteiger partial charge in [0.15, 0.2) is 0 Å². The van der Waals surface area contributed by atoms with E-state index in [1.54, 1.807) is 12.0 Å². The minimum atomic E-state index is 0.167. The summed E-state index contributed by atoms with van der Waals surface area (Å²) >= 11 is 1.46. The molecular weight excluding hydrogens is 692 g/mol. The van der Waals surface area contributed by atoms with Crippen LogP contribution in [0.25, 0.3) is 11.1 Å². The van der Waals surface area contributed by atoms with Gasteiger partial charge in [0, 0.05) is 0 Å². The molecule has 0 amide bonds. The van der Waals surface area contributed by atoms with E-state index in [4.69, 9.17) is 0 Å². The predicted octanol–water partition coefficient (Wildman–Crippen LogP) is 12.4. The Balaban J connectivity index is 0.000000122. The van der Waals surface area contributed by atoms with Crippen LogP contribution in [0, 0.1) is 47.6 Å². The fourth-order valence-corrected chi connectivity index (χ4v) is 10.5. The fourth-order valence-electron chi connectivity index (χ4n) is 9.69. The second-order valence-electron chi connectivity index (χ2n) is 18.1. The van der Waals surface area contributed by atoms with Crippen LogP contribution in [0.1, 0.15) is 114 Å². The Bertz CT molecular complexity index is 1780. The maximum absolute atomic E-state index is 3.67. The molecule has 0 heterocycles. The number of hydrogen-bond acceptors (Lipinski definition) is 0. The van der Waals surface area contributed by atoms with Crippen molar-refractivity contribution in [3.05, 3.63) is 154 Å². The average molecular weight is 748 g/mol. The van der Waals surface area contributed by atoms with Gasteiger partial charge in [-0.3, -0.25) is 6.08 Å². The van der Waals surface area contributed by atoms with E-state index in [1.165, 1.54) is 97.6 Å². The molecule has 1 atom stereocenters. The average Bonchev–Trinajstić information content (AvgIpc) is 3.70. The molecule has 4 aromatic carbocycles. The van der Waals surface area contributed by atoms with Crippen LogP contribution < -0.4 is 0 Å². The van der Waals surface area contributed by atoms with E-state index in [2.05, 4.69) is 164 Å². The van der Waals surface area contributed by atoms with Crippen molar-refractivity contribution in [2.75, 3.05) is 0 Å². The molecule has 0 N–H and O–H groups in total. The van der Waals surface area contributed by atoms with Gasteiger partial charge in [0.2, 0.25) is 0 Å². The summed E-state index contributed by atoms with van der Waals surface area (Å²) in [6, 6.07) is 36.3. The van der Waals surface area contributed by atoms with Crippen molar-refractivity contribution >= 4 is 3.21 Å². The number of benzene rings is 4. The third kappa shape index (κ3) is 8.20. The van der Waals surface area contributed by atoms with Crippen LogP contribution in [0.2, 0.25) is 0 Å². The summed E-state index contributed by atoms with van der Waals surface area (Å²) in [5.74, 6) is 5.77. The Kier molecular flexibility index (Phi) is 10.6. The van der Waals surface area contributed by atoms with E-state index >= 15 is 0 Å². The van der Waals surface area contributed by atoms with Crippen LogP contribution in [0.4, 0.5) is 0 Å². The van der Waals surface area contributed by atoms with Crippen LogP contribution >= 0.6 is 0 Å². The molecule has 0 spiro atoms. The first-order valence-corrected chi connectivity index (χ1v) is 20.8. The summed E-state index contributed by atoms with van der Waals surface area (Å²) < 4.78 is 1.42. The van der Waals surface area contributed by atoms with E-state index in [0.717, 1.165) is 36.0 Å². The van der Waals surface area contributed by atoms with E-state index < -0.39 is 0 Å². The molecular formula is C50H56Zr. The molecule has 0 aliphatic heterocycles. The van der Waals surface area contributed by atoms with Crippen molar-refractivity contribution in [2.24, 2.45) is 35.5 Å². The molecule has 4 fully saturated rings. The van der Waals surface area contributed by atoms with Crippen molar-refractivity contribution in [1.29, 1.82) is 0 Å². The standard InChI is InChI=1S/C21H25.C16H21.C13H10.Zr/c1-20(2,3)16-7-9-18-14(12-16)11-15-13-17(21(4,5)6)8-10-19(15)18;1-10-2-3-13(4-10)16-14-6-11-5-12(8-14)9-15(16)7-11;1-3-7-12(8-4-1)11-13-9-5-2-6-10-13;/h7-10,12H,11H2,1-6H3;3-4,10-12,14-16H,5-9H2,1H3;1-10H;/q2*-1;;+2. The molecule has 0 radical (unpaired) electrons. The van der Waals surface area contributed by atoms with Gasteiger partial charge in [-0.25, -0.2) is 6.08 Å².